The molecule has 0 radical (unpaired) electrons. The average Bonchev–Trinajstić information content (AvgIpc) is 3.07. The number of nitrogens with zero attached hydrogens (tertiary/aromatic N) is 5. The molecule has 0 atom stereocenters. The van der Waals surface area contributed by atoms with Gasteiger partial charge in [-0.3, -0.25) is 0 Å². The van der Waals surface area contributed by atoms with Crippen LogP contribution in [0.1, 0.15) is 28.2 Å². The summed E-state index contributed by atoms with van der Waals surface area (Å²) in [6, 6.07) is 25.0. The van der Waals surface area contributed by atoms with Crippen molar-refractivity contribution in [2.75, 3.05) is 4.90 Å². The monoisotopic (exact) mass is 383 g/mol. The van der Waals surface area contributed by atoms with Gasteiger partial charge in [0.25, 0.3) is 5.95 Å². The number of aromatic nitrogens is 4. The Morgan fingerprint density at radius 1 is 0.724 bits per heavy atom. The summed E-state index contributed by atoms with van der Waals surface area (Å²) >= 11 is 0. The van der Waals surface area contributed by atoms with Crippen molar-refractivity contribution >= 4 is 5.82 Å². The standard InChI is InChI=1S/C24H25N5/c1-18-15-23(26-24(25-18)29-20(3)14-19(2)27-29)28(16-21-10-6-4-7-11-21)17-22-12-8-5-9-13-22/h4-15H,16-17H2,1-3H3. The molecule has 4 aromatic rings. The summed E-state index contributed by atoms with van der Waals surface area (Å²) in [5.74, 6) is 1.50. The van der Waals surface area contributed by atoms with E-state index < -0.39 is 0 Å². The van der Waals surface area contributed by atoms with Crippen LogP contribution in [-0.4, -0.2) is 19.7 Å². The molecule has 0 aliphatic rings. The van der Waals surface area contributed by atoms with Crippen LogP contribution in [0.5, 0.6) is 0 Å². The van der Waals surface area contributed by atoms with Gasteiger partial charge < -0.3 is 4.90 Å². The van der Waals surface area contributed by atoms with E-state index in [0.717, 1.165) is 36.0 Å². The van der Waals surface area contributed by atoms with E-state index in [4.69, 9.17) is 4.98 Å². The lowest BCUT2D eigenvalue weighted by molar-refractivity contribution is 0.738. The highest BCUT2D eigenvalue weighted by atomic mass is 15.4. The predicted molar refractivity (Wildman–Crippen MR) is 116 cm³/mol. The average molecular weight is 383 g/mol. The predicted octanol–water partition coefficient (Wildman–Crippen LogP) is 4.79. The van der Waals surface area contributed by atoms with E-state index in [1.54, 1.807) is 0 Å². The Labute approximate surface area is 171 Å². The van der Waals surface area contributed by atoms with Gasteiger partial charge in [0, 0.05) is 30.5 Å². The van der Waals surface area contributed by atoms with Crippen LogP contribution in [0.3, 0.4) is 0 Å². The van der Waals surface area contributed by atoms with Gasteiger partial charge in [-0.05, 0) is 38.0 Å². The molecule has 0 bridgehead atoms. The molecule has 2 aromatic heterocycles. The van der Waals surface area contributed by atoms with E-state index in [-0.39, 0.29) is 0 Å². The van der Waals surface area contributed by atoms with Crippen molar-refractivity contribution in [3.8, 4) is 5.95 Å². The molecule has 0 N–H and O–H groups in total. The zero-order valence-electron chi connectivity index (χ0n) is 17.1. The Bertz CT molecular complexity index is 1050. The van der Waals surface area contributed by atoms with E-state index in [2.05, 4.69) is 63.5 Å². The lowest BCUT2D eigenvalue weighted by atomic mass is 10.1. The first-order chi connectivity index (χ1) is 14.1. The Balaban J connectivity index is 1.74. The Hall–Kier alpha value is -3.47. The lowest BCUT2D eigenvalue weighted by Crippen LogP contribution is -2.24. The number of rotatable bonds is 6. The summed E-state index contributed by atoms with van der Waals surface area (Å²) in [5, 5.41) is 4.56. The van der Waals surface area contributed by atoms with Gasteiger partial charge in [-0.2, -0.15) is 10.1 Å². The smallest absolute Gasteiger partial charge is 0.252 e. The number of aryl methyl sites for hydroxylation is 3. The molecule has 2 aromatic carbocycles. The lowest BCUT2D eigenvalue weighted by Gasteiger charge is -2.25. The van der Waals surface area contributed by atoms with E-state index in [1.165, 1.54) is 11.1 Å². The largest absolute Gasteiger partial charge is 0.348 e. The van der Waals surface area contributed by atoms with Crippen LogP contribution in [-0.2, 0) is 13.1 Å². The van der Waals surface area contributed by atoms with Gasteiger partial charge in [0.2, 0.25) is 0 Å². The first kappa shape index (κ1) is 18.9. The summed E-state index contributed by atoms with van der Waals surface area (Å²) < 4.78 is 1.81. The third kappa shape index (κ3) is 4.51. The molecular formula is C24H25N5. The summed E-state index contributed by atoms with van der Waals surface area (Å²) in [6.07, 6.45) is 0. The maximum atomic E-state index is 4.89. The minimum Gasteiger partial charge on any atom is -0.348 e. The summed E-state index contributed by atoms with van der Waals surface area (Å²) in [4.78, 5) is 11.8. The summed E-state index contributed by atoms with van der Waals surface area (Å²) in [6.45, 7) is 7.55. The van der Waals surface area contributed by atoms with Gasteiger partial charge in [0.05, 0.1) is 5.69 Å². The van der Waals surface area contributed by atoms with Crippen LogP contribution < -0.4 is 4.90 Å². The Morgan fingerprint density at radius 3 is 1.83 bits per heavy atom. The molecule has 0 unspecified atom stereocenters. The minimum atomic E-state index is 0.608. The fourth-order valence-corrected chi connectivity index (χ4v) is 3.45. The van der Waals surface area contributed by atoms with Gasteiger partial charge in [-0.1, -0.05) is 60.7 Å². The molecular weight excluding hydrogens is 358 g/mol. The first-order valence-corrected chi connectivity index (χ1v) is 9.80. The van der Waals surface area contributed by atoms with E-state index in [1.807, 2.05) is 49.7 Å². The van der Waals surface area contributed by atoms with Crippen molar-refractivity contribution in [1.29, 1.82) is 0 Å². The molecule has 4 rings (SSSR count). The molecule has 146 valence electrons. The molecule has 0 saturated heterocycles. The third-order valence-corrected chi connectivity index (χ3v) is 4.78. The zero-order valence-corrected chi connectivity index (χ0v) is 17.1. The molecule has 5 nitrogen and oxygen atoms in total. The van der Waals surface area contributed by atoms with Gasteiger partial charge in [-0.15, -0.1) is 0 Å². The summed E-state index contributed by atoms with van der Waals surface area (Å²) in [5.41, 5.74) is 5.39. The molecule has 29 heavy (non-hydrogen) atoms. The molecule has 0 amide bonds. The van der Waals surface area contributed by atoms with Gasteiger partial charge in [-0.25, -0.2) is 9.67 Å². The maximum Gasteiger partial charge on any atom is 0.252 e. The van der Waals surface area contributed by atoms with E-state index in [9.17, 15) is 0 Å². The van der Waals surface area contributed by atoms with E-state index in [0.29, 0.717) is 5.95 Å². The first-order valence-electron chi connectivity index (χ1n) is 9.80. The topological polar surface area (TPSA) is 46.8 Å². The zero-order chi connectivity index (χ0) is 20.2. The third-order valence-electron chi connectivity index (χ3n) is 4.78. The molecule has 0 aliphatic carbocycles. The Morgan fingerprint density at radius 2 is 1.31 bits per heavy atom. The Kier molecular flexibility index (Phi) is 5.38. The van der Waals surface area contributed by atoms with Crippen LogP contribution in [0, 0.1) is 20.8 Å². The van der Waals surface area contributed by atoms with Gasteiger partial charge in [0.1, 0.15) is 5.82 Å². The summed E-state index contributed by atoms with van der Waals surface area (Å²) in [7, 11) is 0. The second-order valence-electron chi connectivity index (χ2n) is 7.33. The normalized spacial score (nSPS) is 10.9. The molecule has 0 spiro atoms. The quantitative estimate of drug-likeness (QED) is 0.480. The molecule has 0 aliphatic heterocycles. The van der Waals surface area contributed by atoms with Crippen LogP contribution in [0.2, 0.25) is 0 Å². The van der Waals surface area contributed by atoms with Crippen molar-refractivity contribution in [3.05, 3.63) is 101 Å². The number of anilines is 1. The highest BCUT2D eigenvalue weighted by molar-refractivity contribution is 5.44. The van der Waals surface area contributed by atoms with Gasteiger partial charge >= 0.3 is 0 Å². The minimum absolute atomic E-state index is 0.608. The van der Waals surface area contributed by atoms with Crippen LogP contribution in [0.25, 0.3) is 5.95 Å². The van der Waals surface area contributed by atoms with Crippen LogP contribution in [0.15, 0.2) is 72.8 Å². The van der Waals surface area contributed by atoms with E-state index >= 15 is 0 Å². The number of benzene rings is 2. The van der Waals surface area contributed by atoms with Crippen LogP contribution >= 0.6 is 0 Å². The molecule has 5 heteroatoms. The fraction of sp³-hybridized carbons (Fsp3) is 0.208. The molecule has 0 saturated carbocycles. The number of hydrogen-bond donors (Lipinski definition) is 0. The number of hydrogen-bond acceptors (Lipinski definition) is 4. The van der Waals surface area contributed by atoms with Gasteiger partial charge in [0.15, 0.2) is 0 Å². The highest BCUT2D eigenvalue weighted by Crippen LogP contribution is 2.21. The maximum absolute atomic E-state index is 4.89. The van der Waals surface area contributed by atoms with Crippen molar-refractivity contribution in [1.82, 2.24) is 19.7 Å². The van der Waals surface area contributed by atoms with Crippen molar-refractivity contribution in [2.45, 2.75) is 33.9 Å². The van der Waals surface area contributed by atoms with Crippen molar-refractivity contribution in [3.63, 3.8) is 0 Å². The SMILES string of the molecule is Cc1cc(N(Cc2ccccc2)Cc2ccccc2)nc(-n2nc(C)cc2C)n1. The molecule has 2 heterocycles. The molecule has 0 fully saturated rings. The second kappa shape index (κ2) is 8.27. The van der Waals surface area contributed by atoms with Crippen molar-refractivity contribution < 1.29 is 0 Å². The second-order valence-corrected chi connectivity index (χ2v) is 7.33. The van der Waals surface area contributed by atoms with Crippen LogP contribution in [0.4, 0.5) is 5.82 Å². The highest BCUT2D eigenvalue weighted by Gasteiger charge is 2.15. The van der Waals surface area contributed by atoms with Crippen molar-refractivity contribution in [2.24, 2.45) is 0 Å². The fourth-order valence-electron chi connectivity index (χ4n) is 3.45.